The first kappa shape index (κ1) is 26.1. The molecule has 0 bridgehead atoms. The van der Waals surface area contributed by atoms with Crippen molar-refractivity contribution in [2.75, 3.05) is 29.7 Å². The third-order valence-corrected chi connectivity index (χ3v) is 5.17. The van der Waals surface area contributed by atoms with E-state index in [0.717, 1.165) is 16.8 Å². The Kier molecular flexibility index (Phi) is 9.27. The molecule has 0 aromatic heterocycles. The van der Waals surface area contributed by atoms with Gasteiger partial charge in [-0.25, -0.2) is 4.79 Å². The summed E-state index contributed by atoms with van der Waals surface area (Å²) >= 11 is 0. The molecule has 9 heteroatoms. The molecule has 0 spiro atoms. The number of amides is 3. The largest absolute Gasteiger partial charge is 0.497 e. The van der Waals surface area contributed by atoms with Crippen LogP contribution in [0, 0.1) is 6.92 Å². The van der Waals surface area contributed by atoms with Crippen LogP contribution in [0.5, 0.6) is 11.5 Å². The van der Waals surface area contributed by atoms with Gasteiger partial charge in [0.2, 0.25) is 5.91 Å². The summed E-state index contributed by atoms with van der Waals surface area (Å²) in [5, 5.41) is 17.1. The maximum absolute atomic E-state index is 12.6. The number of aryl methyl sites for hydroxylation is 1. The molecule has 188 valence electrons. The van der Waals surface area contributed by atoms with Crippen LogP contribution >= 0.6 is 0 Å². The Hall–Kier alpha value is -4.53. The van der Waals surface area contributed by atoms with E-state index in [-0.39, 0.29) is 31.4 Å². The third kappa shape index (κ3) is 8.35. The van der Waals surface area contributed by atoms with Crippen molar-refractivity contribution in [2.45, 2.75) is 26.2 Å². The summed E-state index contributed by atoms with van der Waals surface area (Å²) in [6.07, 6.45) is 0.508. The van der Waals surface area contributed by atoms with E-state index in [1.54, 1.807) is 42.5 Å². The number of hydrogen-bond acceptors (Lipinski definition) is 5. The summed E-state index contributed by atoms with van der Waals surface area (Å²) in [4.78, 5) is 35.5. The van der Waals surface area contributed by atoms with Crippen LogP contribution in [0.2, 0.25) is 0 Å². The topological polar surface area (TPSA) is 126 Å². The molecule has 0 radical (unpaired) electrons. The van der Waals surface area contributed by atoms with E-state index in [1.807, 2.05) is 31.2 Å². The quantitative estimate of drug-likeness (QED) is 0.277. The molecule has 0 saturated heterocycles. The van der Waals surface area contributed by atoms with Gasteiger partial charge in [0.1, 0.15) is 11.5 Å². The van der Waals surface area contributed by atoms with Gasteiger partial charge in [-0.05, 0) is 42.7 Å². The van der Waals surface area contributed by atoms with Gasteiger partial charge >= 0.3 is 12.0 Å². The second-order valence-electron chi connectivity index (χ2n) is 8.06. The second kappa shape index (κ2) is 12.8. The highest BCUT2D eigenvalue weighted by atomic mass is 16.5. The van der Waals surface area contributed by atoms with Crippen LogP contribution in [-0.4, -0.2) is 36.7 Å². The molecule has 36 heavy (non-hydrogen) atoms. The molecular formula is C27H29N3O6. The molecule has 9 nitrogen and oxygen atoms in total. The van der Waals surface area contributed by atoms with Crippen LogP contribution in [-0.2, 0) is 16.0 Å². The van der Waals surface area contributed by atoms with Gasteiger partial charge in [0.15, 0.2) is 0 Å². The molecule has 3 rings (SSSR count). The number of carbonyl (C=O) groups is 3. The van der Waals surface area contributed by atoms with Crippen LogP contribution in [0.25, 0.3) is 0 Å². The highest BCUT2D eigenvalue weighted by molar-refractivity contribution is 6.00. The summed E-state index contributed by atoms with van der Waals surface area (Å²) in [7, 11) is 1.51. The molecule has 0 saturated carbocycles. The van der Waals surface area contributed by atoms with Crippen molar-refractivity contribution in [3.05, 3.63) is 77.9 Å². The first-order chi connectivity index (χ1) is 17.3. The number of carboxylic acid groups (broad SMARTS) is 1. The lowest BCUT2D eigenvalue weighted by Crippen LogP contribution is -2.20. The number of urea groups is 1. The molecule has 0 aliphatic carbocycles. The minimum atomic E-state index is -0.883. The fraction of sp³-hybridized carbons (Fsp3) is 0.222. The Labute approximate surface area is 209 Å². The van der Waals surface area contributed by atoms with Crippen molar-refractivity contribution in [3.63, 3.8) is 0 Å². The lowest BCUT2D eigenvalue weighted by Gasteiger charge is -2.12. The van der Waals surface area contributed by atoms with Crippen molar-refractivity contribution in [1.82, 2.24) is 0 Å². The Morgan fingerprint density at radius 2 is 1.58 bits per heavy atom. The van der Waals surface area contributed by atoms with Crippen LogP contribution in [0.4, 0.5) is 21.9 Å². The molecule has 0 aliphatic heterocycles. The highest BCUT2D eigenvalue weighted by Gasteiger charge is 2.09. The number of rotatable bonds is 11. The number of hydrogen-bond donors (Lipinski definition) is 4. The number of methoxy groups -OCH3 is 1. The van der Waals surface area contributed by atoms with Crippen molar-refractivity contribution in [1.29, 1.82) is 0 Å². The van der Waals surface area contributed by atoms with E-state index in [9.17, 15) is 14.4 Å². The predicted molar refractivity (Wildman–Crippen MR) is 138 cm³/mol. The van der Waals surface area contributed by atoms with Gasteiger partial charge in [-0.1, -0.05) is 30.3 Å². The monoisotopic (exact) mass is 491 g/mol. The molecule has 4 N–H and O–H groups in total. The summed E-state index contributed by atoms with van der Waals surface area (Å²) < 4.78 is 10.9. The fourth-order valence-corrected chi connectivity index (χ4v) is 3.35. The Balaban J connectivity index is 1.53. The number of carbonyl (C=O) groups excluding carboxylic acids is 2. The standard InChI is InChI=1S/C27H29N3O6/c1-18-6-3-4-7-24(18)30-27(34)29-20-11-9-19(10-12-20)14-25(31)28-21-15-22(35-2)17-23(16-21)36-13-5-8-26(32)33/h3-4,6-7,9-12,15-17H,5,8,13-14H2,1-2H3,(H,28,31)(H,32,33)(H2,29,30,34). The van der Waals surface area contributed by atoms with E-state index >= 15 is 0 Å². The van der Waals surface area contributed by atoms with Crippen LogP contribution in [0.1, 0.15) is 24.0 Å². The minimum Gasteiger partial charge on any atom is -0.497 e. The number of ether oxygens (including phenoxy) is 2. The molecule has 0 heterocycles. The van der Waals surface area contributed by atoms with Crippen molar-refractivity contribution < 1.29 is 29.0 Å². The fourth-order valence-electron chi connectivity index (χ4n) is 3.35. The molecule has 0 fully saturated rings. The minimum absolute atomic E-state index is 0.0131. The average molecular weight is 492 g/mol. The van der Waals surface area contributed by atoms with Gasteiger partial charge in [0.25, 0.3) is 0 Å². The zero-order valence-corrected chi connectivity index (χ0v) is 20.2. The molecular weight excluding hydrogens is 462 g/mol. The number of benzene rings is 3. The molecule has 3 aromatic rings. The van der Waals surface area contributed by atoms with E-state index < -0.39 is 5.97 Å². The van der Waals surface area contributed by atoms with E-state index in [4.69, 9.17) is 14.6 Å². The lowest BCUT2D eigenvalue weighted by molar-refractivity contribution is -0.137. The maximum atomic E-state index is 12.6. The van der Waals surface area contributed by atoms with Crippen molar-refractivity contribution in [2.24, 2.45) is 0 Å². The normalized spacial score (nSPS) is 10.3. The third-order valence-electron chi connectivity index (χ3n) is 5.17. The molecule has 0 atom stereocenters. The van der Waals surface area contributed by atoms with Gasteiger partial charge in [-0.15, -0.1) is 0 Å². The molecule has 3 aromatic carbocycles. The SMILES string of the molecule is COc1cc(NC(=O)Cc2ccc(NC(=O)Nc3ccccc3C)cc2)cc(OCCCC(=O)O)c1. The zero-order chi connectivity index (χ0) is 25.9. The summed E-state index contributed by atoms with van der Waals surface area (Å²) in [5.74, 6) is -0.153. The first-order valence-electron chi connectivity index (χ1n) is 11.4. The highest BCUT2D eigenvalue weighted by Crippen LogP contribution is 2.26. The number of nitrogens with one attached hydrogen (secondary N) is 3. The van der Waals surface area contributed by atoms with E-state index in [2.05, 4.69) is 16.0 Å². The summed E-state index contributed by atoms with van der Waals surface area (Å²) in [6, 6.07) is 19.1. The van der Waals surface area contributed by atoms with Crippen molar-refractivity contribution in [3.8, 4) is 11.5 Å². The number of anilines is 3. The molecule has 0 unspecified atom stereocenters. The van der Waals surface area contributed by atoms with E-state index in [1.165, 1.54) is 7.11 Å². The van der Waals surface area contributed by atoms with Gasteiger partial charge in [-0.3, -0.25) is 9.59 Å². The predicted octanol–water partition coefficient (Wildman–Crippen LogP) is 5.07. The molecule has 0 aliphatic rings. The average Bonchev–Trinajstić information content (AvgIpc) is 2.84. The van der Waals surface area contributed by atoms with Gasteiger partial charge in [0.05, 0.1) is 20.1 Å². The summed E-state index contributed by atoms with van der Waals surface area (Å²) in [5.41, 5.74) is 3.56. The van der Waals surface area contributed by atoms with Gasteiger partial charge < -0.3 is 30.5 Å². The van der Waals surface area contributed by atoms with Crippen LogP contribution in [0.3, 0.4) is 0 Å². The summed E-state index contributed by atoms with van der Waals surface area (Å²) in [6.45, 7) is 2.15. The van der Waals surface area contributed by atoms with Gasteiger partial charge in [-0.2, -0.15) is 0 Å². The number of aliphatic carboxylic acids is 1. The first-order valence-corrected chi connectivity index (χ1v) is 11.4. The van der Waals surface area contributed by atoms with Gasteiger partial charge in [0, 0.05) is 41.7 Å². The lowest BCUT2D eigenvalue weighted by atomic mass is 10.1. The smallest absolute Gasteiger partial charge is 0.323 e. The Bertz CT molecular complexity index is 1210. The molecule has 3 amide bonds. The van der Waals surface area contributed by atoms with Crippen molar-refractivity contribution >= 4 is 35.0 Å². The Morgan fingerprint density at radius 3 is 2.28 bits per heavy atom. The number of para-hydroxylation sites is 1. The zero-order valence-electron chi connectivity index (χ0n) is 20.2. The Morgan fingerprint density at radius 1 is 0.861 bits per heavy atom. The van der Waals surface area contributed by atoms with E-state index in [0.29, 0.717) is 29.3 Å². The second-order valence-corrected chi connectivity index (χ2v) is 8.06. The van der Waals surface area contributed by atoms with Crippen LogP contribution in [0.15, 0.2) is 66.7 Å². The van der Waals surface area contributed by atoms with Crippen LogP contribution < -0.4 is 25.4 Å². The maximum Gasteiger partial charge on any atom is 0.323 e. The number of carboxylic acids is 1.